The van der Waals surface area contributed by atoms with Crippen LogP contribution in [0.4, 0.5) is 10.1 Å². The number of hydrogen-bond acceptors (Lipinski definition) is 5. The second kappa shape index (κ2) is 9.02. The van der Waals surface area contributed by atoms with Crippen molar-refractivity contribution in [3.63, 3.8) is 0 Å². The van der Waals surface area contributed by atoms with Gasteiger partial charge in [0, 0.05) is 5.69 Å². The van der Waals surface area contributed by atoms with Crippen LogP contribution < -0.4 is 10.0 Å². The van der Waals surface area contributed by atoms with Gasteiger partial charge in [-0.2, -0.15) is 4.72 Å². The van der Waals surface area contributed by atoms with Crippen LogP contribution in [0.3, 0.4) is 0 Å². The van der Waals surface area contributed by atoms with Crippen molar-refractivity contribution >= 4 is 38.4 Å². The highest BCUT2D eigenvalue weighted by atomic mass is 32.2. The highest BCUT2D eigenvalue weighted by Crippen LogP contribution is 2.18. The molecule has 30 heavy (non-hydrogen) atoms. The van der Waals surface area contributed by atoms with Crippen LogP contribution in [0, 0.1) is 5.82 Å². The number of carbonyl (C=O) groups excluding carboxylic acids is 2. The first-order valence-corrected chi connectivity index (χ1v) is 10.5. The third-order valence-electron chi connectivity index (χ3n) is 4.23. The Morgan fingerprint density at radius 2 is 1.67 bits per heavy atom. The summed E-state index contributed by atoms with van der Waals surface area (Å²) >= 11 is 0. The second-order valence-corrected chi connectivity index (χ2v) is 8.23. The summed E-state index contributed by atoms with van der Waals surface area (Å²) in [6.07, 6.45) is -1.17. The fraction of sp³-hybridized carbons (Fsp3) is 0.143. The minimum absolute atomic E-state index is 0.0103. The van der Waals surface area contributed by atoms with E-state index in [1.807, 2.05) is 12.1 Å². The lowest BCUT2D eigenvalue weighted by Crippen LogP contribution is -2.35. The van der Waals surface area contributed by atoms with E-state index in [0.29, 0.717) is 5.69 Å². The summed E-state index contributed by atoms with van der Waals surface area (Å²) in [5.74, 6) is -2.00. The van der Waals surface area contributed by atoms with E-state index in [1.165, 1.54) is 43.3 Å². The number of sulfonamides is 1. The first-order chi connectivity index (χ1) is 14.2. The summed E-state index contributed by atoms with van der Waals surface area (Å²) in [4.78, 5) is 24.0. The summed E-state index contributed by atoms with van der Waals surface area (Å²) in [5, 5.41) is 4.10. The standard InChI is InChI=1S/C21H19FN2O5S/c1-14(21(26)24-18-9-7-17(22)8-10-18)29-20(25)13-23-30(27,28)19-11-6-15-4-2-3-5-16(15)12-19/h2-12,14,23H,13H2,1H3,(H,24,26). The maximum absolute atomic E-state index is 12.9. The van der Waals surface area contributed by atoms with Gasteiger partial charge in [0.15, 0.2) is 6.10 Å². The number of halogens is 1. The molecule has 1 amide bonds. The summed E-state index contributed by atoms with van der Waals surface area (Å²) in [6, 6.07) is 17.0. The predicted octanol–water partition coefficient (Wildman–Crippen LogP) is 2.83. The van der Waals surface area contributed by atoms with Gasteiger partial charge in [-0.05, 0) is 54.1 Å². The van der Waals surface area contributed by atoms with Crippen LogP contribution in [-0.4, -0.2) is 32.9 Å². The Hall–Kier alpha value is -3.30. The Balaban J connectivity index is 1.55. The van der Waals surface area contributed by atoms with Gasteiger partial charge in [-0.15, -0.1) is 0 Å². The van der Waals surface area contributed by atoms with E-state index in [2.05, 4.69) is 10.0 Å². The van der Waals surface area contributed by atoms with Gasteiger partial charge in [0.25, 0.3) is 5.91 Å². The lowest BCUT2D eigenvalue weighted by Gasteiger charge is -2.14. The Labute approximate surface area is 172 Å². The van der Waals surface area contributed by atoms with Crippen molar-refractivity contribution in [2.75, 3.05) is 11.9 Å². The molecule has 0 radical (unpaired) electrons. The quantitative estimate of drug-likeness (QED) is 0.562. The minimum atomic E-state index is -3.94. The molecule has 3 rings (SSSR count). The van der Waals surface area contributed by atoms with E-state index in [9.17, 15) is 22.4 Å². The van der Waals surface area contributed by atoms with Crippen LogP contribution >= 0.6 is 0 Å². The molecule has 3 aromatic carbocycles. The predicted molar refractivity (Wildman–Crippen MR) is 110 cm³/mol. The molecule has 0 fully saturated rings. The Morgan fingerprint density at radius 3 is 2.37 bits per heavy atom. The van der Waals surface area contributed by atoms with Crippen LogP contribution in [0.15, 0.2) is 71.6 Å². The summed E-state index contributed by atoms with van der Waals surface area (Å²) in [7, 11) is -3.94. The van der Waals surface area contributed by atoms with Crippen LogP contribution in [0.5, 0.6) is 0 Å². The van der Waals surface area contributed by atoms with E-state index in [1.54, 1.807) is 18.2 Å². The van der Waals surface area contributed by atoms with Gasteiger partial charge in [0.1, 0.15) is 12.4 Å². The monoisotopic (exact) mass is 430 g/mol. The summed E-state index contributed by atoms with van der Waals surface area (Å²) in [5.41, 5.74) is 0.335. The Bertz CT molecular complexity index is 1180. The normalized spacial score (nSPS) is 12.3. The molecule has 2 N–H and O–H groups in total. The lowest BCUT2D eigenvalue weighted by atomic mass is 10.1. The average Bonchev–Trinajstić information content (AvgIpc) is 2.73. The molecule has 1 atom stereocenters. The number of hydrogen-bond donors (Lipinski definition) is 2. The number of esters is 1. The third-order valence-corrected chi connectivity index (χ3v) is 5.63. The summed E-state index contributed by atoms with van der Waals surface area (Å²) < 4.78 is 44.9. The molecule has 1 unspecified atom stereocenters. The molecular weight excluding hydrogens is 411 g/mol. The molecule has 0 spiro atoms. The molecule has 0 aromatic heterocycles. The zero-order valence-electron chi connectivity index (χ0n) is 16.0. The van der Waals surface area contributed by atoms with Gasteiger partial charge in [0.2, 0.25) is 10.0 Å². The smallest absolute Gasteiger partial charge is 0.321 e. The van der Waals surface area contributed by atoms with Crippen molar-refractivity contribution in [1.29, 1.82) is 0 Å². The van der Waals surface area contributed by atoms with Crippen LogP contribution in [0.25, 0.3) is 10.8 Å². The molecule has 0 heterocycles. The number of fused-ring (bicyclic) bond motifs is 1. The number of rotatable bonds is 7. The molecule has 7 nitrogen and oxygen atoms in total. The van der Waals surface area contributed by atoms with E-state index < -0.39 is 40.4 Å². The number of benzene rings is 3. The molecule has 9 heteroatoms. The van der Waals surface area contributed by atoms with Crippen molar-refractivity contribution in [2.24, 2.45) is 0 Å². The summed E-state index contributed by atoms with van der Waals surface area (Å²) in [6.45, 7) is 0.706. The lowest BCUT2D eigenvalue weighted by molar-refractivity contribution is -0.151. The molecule has 156 valence electrons. The van der Waals surface area contributed by atoms with Gasteiger partial charge < -0.3 is 10.1 Å². The minimum Gasteiger partial charge on any atom is -0.452 e. The van der Waals surface area contributed by atoms with E-state index >= 15 is 0 Å². The second-order valence-electron chi connectivity index (χ2n) is 6.46. The van der Waals surface area contributed by atoms with E-state index in [-0.39, 0.29) is 4.90 Å². The number of ether oxygens (including phenoxy) is 1. The zero-order chi connectivity index (χ0) is 21.7. The van der Waals surface area contributed by atoms with Crippen molar-refractivity contribution in [1.82, 2.24) is 4.72 Å². The highest BCUT2D eigenvalue weighted by molar-refractivity contribution is 7.89. The van der Waals surface area contributed by atoms with Crippen molar-refractivity contribution in [3.05, 3.63) is 72.5 Å². The maximum atomic E-state index is 12.9. The number of anilines is 1. The zero-order valence-corrected chi connectivity index (χ0v) is 16.8. The number of nitrogens with one attached hydrogen (secondary N) is 2. The van der Waals surface area contributed by atoms with Crippen LogP contribution in [-0.2, 0) is 24.3 Å². The largest absolute Gasteiger partial charge is 0.452 e. The Kier molecular flexibility index (Phi) is 6.43. The molecule has 0 aliphatic rings. The fourth-order valence-electron chi connectivity index (χ4n) is 2.64. The molecular formula is C21H19FN2O5S. The van der Waals surface area contributed by atoms with Gasteiger partial charge in [0.05, 0.1) is 4.90 Å². The van der Waals surface area contributed by atoms with Gasteiger partial charge in [-0.1, -0.05) is 30.3 Å². The van der Waals surface area contributed by atoms with Gasteiger partial charge >= 0.3 is 5.97 Å². The molecule has 0 saturated heterocycles. The first-order valence-electron chi connectivity index (χ1n) is 8.99. The molecule has 0 saturated carbocycles. The van der Waals surface area contributed by atoms with Gasteiger partial charge in [-0.25, -0.2) is 12.8 Å². The van der Waals surface area contributed by atoms with Crippen LogP contribution in [0.2, 0.25) is 0 Å². The fourth-order valence-corrected chi connectivity index (χ4v) is 3.65. The first kappa shape index (κ1) is 21.4. The van der Waals surface area contributed by atoms with Crippen molar-refractivity contribution < 1.29 is 27.1 Å². The molecule has 0 bridgehead atoms. The maximum Gasteiger partial charge on any atom is 0.321 e. The van der Waals surface area contributed by atoms with E-state index in [4.69, 9.17) is 4.74 Å². The molecule has 3 aromatic rings. The van der Waals surface area contributed by atoms with Crippen molar-refractivity contribution in [2.45, 2.75) is 17.9 Å². The molecule has 0 aliphatic heterocycles. The number of carbonyl (C=O) groups is 2. The topological polar surface area (TPSA) is 102 Å². The Morgan fingerprint density at radius 1 is 1.00 bits per heavy atom. The third kappa shape index (κ3) is 5.40. The average molecular weight is 430 g/mol. The van der Waals surface area contributed by atoms with E-state index in [0.717, 1.165) is 10.8 Å². The van der Waals surface area contributed by atoms with Gasteiger partial charge in [-0.3, -0.25) is 9.59 Å². The SMILES string of the molecule is CC(OC(=O)CNS(=O)(=O)c1ccc2ccccc2c1)C(=O)Nc1ccc(F)cc1. The highest BCUT2D eigenvalue weighted by Gasteiger charge is 2.21. The molecule has 0 aliphatic carbocycles. The van der Waals surface area contributed by atoms with Crippen molar-refractivity contribution in [3.8, 4) is 0 Å². The number of amides is 1. The van der Waals surface area contributed by atoms with Crippen LogP contribution in [0.1, 0.15) is 6.92 Å².